The van der Waals surface area contributed by atoms with Crippen LogP contribution in [-0.2, 0) is 19.1 Å². The van der Waals surface area contributed by atoms with E-state index in [1.807, 2.05) is 24.4 Å². The van der Waals surface area contributed by atoms with Crippen LogP contribution in [0.3, 0.4) is 0 Å². The van der Waals surface area contributed by atoms with Crippen LogP contribution in [0.2, 0.25) is 0 Å². The number of rotatable bonds is 5. The molecular formula is C28H25F3N4O2. The minimum absolute atomic E-state index is 0.167. The molecule has 1 aromatic heterocycles. The molecule has 2 N–H and O–H groups in total. The van der Waals surface area contributed by atoms with Gasteiger partial charge in [0.25, 0.3) is 0 Å². The lowest BCUT2D eigenvalue weighted by Gasteiger charge is -2.33. The maximum absolute atomic E-state index is 12.9. The van der Waals surface area contributed by atoms with Gasteiger partial charge in [-0.25, -0.2) is 9.78 Å². The Morgan fingerprint density at radius 3 is 2.59 bits per heavy atom. The first-order chi connectivity index (χ1) is 17.8. The van der Waals surface area contributed by atoms with Crippen molar-refractivity contribution in [2.24, 2.45) is 0 Å². The Balaban J connectivity index is 1.26. The Kier molecular flexibility index (Phi) is 6.71. The van der Waals surface area contributed by atoms with Gasteiger partial charge >= 0.3 is 12.3 Å². The number of para-hydroxylation sites is 1. The Hall–Kier alpha value is -4.11. The van der Waals surface area contributed by atoms with Crippen LogP contribution in [0.25, 0.3) is 11.1 Å². The molecule has 0 saturated heterocycles. The lowest BCUT2D eigenvalue weighted by Crippen LogP contribution is -2.33. The Morgan fingerprint density at radius 2 is 1.86 bits per heavy atom. The highest BCUT2D eigenvalue weighted by Gasteiger charge is 2.30. The van der Waals surface area contributed by atoms with Crippen LogP contribution < -0.4 is 10.1 Å². The number of H-pyrrole nitrogens is 1. The molecular weight excluding hydrogens is 481 g/mol. The smallest absolute Gasteiger partial charge is 0.409 e. The third-order valence-corrected chi connectivity index (χ3v) is 6.57. The van der Waals surface area contributed by atoms with Crippen molar-refractivity contribution in [1.82, 2.24) is 14.9 Å². The van der Waals surface area contributed by atoms with Gasteiger partial charge in [0, 0.05) is 36.7 Å². The van der Waals surface area contributed by atoms with E-state index in [-0.39, 0.29) is 11.8 Å². The summed E-state index contributed by atoms with van der Waals surface area (Å²) < 4.78 is 44.3. The molecule has 0 bridgehead atoms. The van der Waals surface area contributed by atoms with Gasteiger partial charge in [-0.3, -0.25) is 10.2 Å². The van der Waals surface area contributed by atoms with Gasteiger partial charge in [-0.05, 0) is 60.4 Å². The molecule has 0 saturated carbocycles. The number of imidazole rings is 1. The quantitative estimate of drug-likeness (QED) is 0.311. The van der Waals surface area contributed by atoms with E-state index in [4.69, 9.17) is 4.74 Å². The normalized spacial score (nSPS) is 14.6. The van der Waals surface area contributed by atoms with E-state index < -0.39 is 17.8 Å². The first-order valence-electron chi connectivity index (χ1n) is 11.9. The summed E-state index contributed by atoms with van der Waals surface area (Å²) in [6.45, 7) is 3.77. The number of benzene rings is 3. The highest BCUT2D eigenvalue weighted by atomic mass is 19.4. The summed E-state index contributed by atoms with van der Waals surface area (Å²) in [6.07, 6.45) is -0.685. The molecule has 1 aliphatic rings. The van der Waals surface area contributed by atoms with Crippen molar-refractivity contribution < 1.29 is 22.7 Å². The number of anilines is 1. The summed E-state index contributed by atoms with van der Waals surface area (Å²) in [5.41, 5.74) is 3.25. The SMILES string of the molecule is CC(c1ncc[nH]1)N1CCc2cc(NC(=O)Oc3ccccc3-c3ccc(C(F)(F)F)cc3)ccc2C1. The molecule has 1 atom stereocenters. The Bertz CT molecular complexity index is 1390. The van der Waals surface area contributed by atoms with E-state index in [0.29, 0.717) is 16.8 Å². The number of halogens is 3. The second kappa shape index (κ2) is 10.1. The molecule has 0 aliphatic carbocycles. The molecule has 37 heavy (non-hydrogen) atoms. The van der Waals surface area contributed by atoms with Crippen molar-refractivity contribution in [1.29, 1.82) is 0 Å². The van der Waals surface area contributed by atoms with E-state index in [1.54, 1.807) is 30.5 Å². The Morgan fingerprint density at radius 1 is 1.08 bits per heavy atom. The summed E-state index contributed by atoms with van der Waals surface area (Å²) in [5, 5.41) is 2.77. The molecule has 5 rings (SSSR count). The van der Waals surface area contributed by atoms with Crippen molar-refractivity contribution >= 4 is 11.8 Å². The van der Waals surface area contributed by atoms with E-state index >= 15 is 0 Å². The highest BCUT2D eigenvalue weighted by molar-refractivity contribution is 5.88. The first-order valence-corrected chi connectivity index (χ1v) is 11.9. The topological polar surface area (TPSA) is 70.2 Å². The zero-order valence-corrected chi connectivity index (χ0v) is 20.0. The number of ether oxygens (including phenoxy) is 1. The third kappa shape index (κ3) is 5.51. The fourth-order valence-corrected chi connectivity index (χ4v) is 4.54. The second-order valence-electron chi connectivity index (χ2n) is 8.94. The number of amides is 1. The van der Waals surface area contributed by atoms with Crippen LogP contribution in [-0.4, -0.2) is 27.5 Å². The van der Waals surface area contributed by atoms with Crippen molar-refractivity contribution in [2.75, 3.05) is 11.9 Å². The minimum Gasteiger partial charge on any atom is -0.409 e. The molecule has 190 valence electrons. The van der Waals surface area contributed by atoms with Crippen molar-refractivity contribution in [3.05, 3.63) is 102 Å². The molecule has 4 aromatic rings. The van der Waals surface area contributed by atoms with Crippen LogP contribution in [0.5, 0.6) is 5.75 Å². The zero-order chi connectivity index (χ0) is 26.0. The number of nitrogens with zero attached hydrogens (tertiary/aromatic N) is 2. The number of hydrogen-bond acceptors (Lipinski definition) is 4. The molecule has 0 radical (unpaired) electrons. The summed E-state index contributed by atoms with van der Waals surface area (Å²) in [5.74, 6) is 1.18. The average molecular weight is 507 g/mol. The molecule has 2 heterocycles. The average Bonchev–Trinajstić information content (AvgIpc) is 3.43. The Labute approximate surface area is 212 Å². The fraction of sp³-hybridized carbons (Fsp3) is 0.214. The maximum Gasteiger partial charge on any atom is 0.417 e. The summed E-state index contributed by atoms with van der Waals surface area (Å²) >= 11 is 0. The zero-order valence-electron chi connectivity index (χ0n) is 20.0. The van der Waals surface area contributed by atoms with Crippen LogP contribution in [0.15, 0.2) is 79.1 Å². The maximum atomic E-state index is 12.9. The fourth-order valence-electron chi connectivity index (χ4n) is 4.54. The number of aromatic amines is 1. The third-order valence-electron chi connectivity index (χ3n) is 6.57. The van der Waals surface area contributed by atoms with Gasteiger partial charge < -0.3 is 9.72 Å². The highest BCUT2D eigenvalue weighted by Crippen LogP contribution is 2.34. The van der Waals surface area contributed by atoms with Crippen molar-refractivity contribution in [2.45, 2.75) is 32.1 Å². The number of alkyl halides is 3. The van der Waals surface area contributed by atoms with Crippen molar-refractivity contribution in [3.8, 4) is 16.9 Å². The van der Waals surface area contributed by atoms with Gasteiger partial charge in [0.1, 0.15) is 11.6 Å². The molecule has 6 nitrogen and oxygen atoms in total. The molecule has 1 unspecified atom stereocenters. The first kappa shape index (κ1) is 24.6. The van der Waals surface area contributed by atoms with Gasteiger partial charge in [-0.2, -0.15) is 13.2 Å². The predicted molar refractivity (Wildman–Crippen MR) is 134 cm³/mol. The largest absolute Gasteiger partial charge is 0.417 e. The standard InChI is InChI=1S/C28H25F3N4O2/c1-18(26-32-13-14-33-26)35-15-12-20-16-23(11-8-21(20)17-35)34-27(36)37-25-5-3-2-4-24(25)19-6-9-22(10-7-19)28(29,30)31/h2-11,13-14,16,18H,12,15,17H2,1H3,(H,32,33)(H,34,36). The van der Waals surface area contributed by atoms with Crippen LogP contribution in [0.1, 0.15) is 35.5 Å². The van der Waals surface area contributed by atoms with Gasteiger partial charge in [-0.1, -0.05) is 36.4 Å². The molecule has 9 heteroatoms. The van der Waals surface area contributed by atoms with Gasteiger partial charge in [0.2, 0.25) is 0 Å². The lowest BCUT2D eigenvalue weighted by atomic mass is 9.98. The van der Waals surface area contributed by atoms with Crippen LogP contribution in [0.4, 0.5) is 23.7 Å². The number of hydrogen-bond donors (Lipinski definition) is 2. The number of fused-ring (bicyclic) bond motifs is 1. The van der Waals surface area contributed by atoms with Crippen molar-refractivity contribution in [3.63, 3.8) is 0 Å². The summed E-state index contributed by atoms with van der Waals surface area (Å²) in [7, 11) is 0. The summed E-state index contributed by atoms with van der Waals surface area (Å²) in [6, 6.07) is 17.4. The van der Waals surface area contributed by atoms with E-state index in [9.17, 15) is 18.0 Å². The lowest BCUT2D eigenvalue weighted by molar-refractivity contribution is -0.137. The molecule has 1 aliphatic heterocycles. The van der Waals surface area contributed by atoms with Gasteiger partial charge in [0.05, 0.1) is 11.6 Å². The summed E-state index contributed by atoms with van der Waals surface area (Å²) in [4.78, 5) is 22.6. The van der Waals surface area contributed by atoms with E-state index in [0.717, 1.165) is 43.0 Å². The molecule has 0 fully saturated rings. The molecule has 3 aromatic carbocycles. The van der Waals surface area contributed by atoms with Crippen LogP contribution >= 0.6 is 0 Å². The number of nitrogens with one attached hydrogen (secondary N) is 2. The number of aromatic nitrogens is 2. The van der Waals surface area contributed by atoms with Gasteiger partial charge in [0.15, 0.2) is 0 Å². The molecule has 0 spiro atoms. The van der Waals surface area contributed by atoms with Crippen LogP contribution in [0, 0.1) is 0 Å². The minimum atomic E-state index is -4.42. The second-order valence-corrected chi connectivity index (χ2v) is 8.94. The van der Waals surface area contributed by atoms with Gasteiger partial charge in [-0.15, -0.1) is 0 Å². The number of carbonyl (C=O) groups is 1. The number of carbonyl (C=O) groups excluding carboxylic acids is 1. The van der Waals surface area contributed by atoms with E-state index in [2.05, 4.69) is 27.1 Å². The predicted octanol–water partition coefficient (Wildman–Crippen LogP) is 6.83. The molecule has 1 amide bonds. The van der Waals surface area contributed by atoms with E-state index in [1.165, 1.54) is 17.7 Å². The monoisotopic (exact) mass is 506 g/mol.